The molecule has 2 N–H and O–H groups in total. The number of allylic oxidation sites excluding steroid dienone is 1. The predicted molar refractivity (Wildman–Crippen MR) is 83.7 cm³/mol. The summed E-state index contributed by atoms with van der Waals surface area (Å²) in [6.07, 6.45) is 2.02. The highest BCUT2D eigenvalue weighted by atomic mass is 16.3. The Hall–Kier alpha value is -1.77. The van der Waals surface area contributed by atoms with Crippen molar-refractivity contribution in [1.82, 2.24) is 0 Å². The molecule has 1 rings (SSSR count). The number of nitrogens with one attached hydrogen (secondary N) is 1. The summed E-state index contributed by atoms with van der Waals surface area (Å²) in [5.74, 6) is 0.141. The summed E-state index contributed by atoms with van der Waals surface area (Å²) in [5, 5.41) is 12.2. The number of rotatable bonds is 3. The number of phenols is 1. The SMILES string of the molecule is CC(C)=CC(C)(C(=O)Nc1ccc(O)cc1)C(C)(C)C. The van der Waals surface area contributed by atoms with Crippen molar-refractivity contribution in [2.75, 3.05) is 5.32 Å². The van der Waals surface area contributed by atoms with Crippen molar-refractivity contribution in [3.05, 3.63) is 35.9 Å². The number of hydrogen-bond donors (Lipinski definition) is 2. The first-order valence-corrected chi connectivity index (χ1v) is 6.83. The van der Waals surface area contributed by atoms with E-state index in [1.807, 2.05) is 26.8 Å². The largest absolute Gasteiger partial charge is 0.508 e. The van der Waals surface area contributed by atoms with Crippen LogP contribution in [0.15, 0.2) is 35.9 Å². The third-order valence-corrected chi connectivity index (χ3v) is 3.73. The van der Waals surface area contributed by atoms with Gasteiger partial charge in [-0.1, -0.05) is 32.4 Å². The normalized spacial score (nSPS) is 14.3. The Labute approximate surface area is 121 Å². The van der Waals surface area contributed by atoms with Crippen LogP contribution < -0.4 is 5.32 Å². The van der Waals surface area contributed by atoms with Crippen LogP contribution in [0.25, 0.3) is 0 Å². The molecule has 0 heterocycles. The highest BCUT2D eigenvalue weighted by molar-refractivity contribution is 5.97. The number of aromatic hydroxyl groups is 1. The van der Waals surface area contributed by atoms with Crippen molar-refractivity contribution >= 4 is 11.6 Å². The molecule has 1 atom stereocenters. The molecule has 0 aliphatic heterocycles. The number of anilines is 1. The van der Waals surface area contributed by atoms with Crippen molar-refractivity contribution in [3.8, 4) is 5.75 Å². The fourth-order valence-corrected chi connectivity index (χ4v) is 2.01. The summed E-state index contributed by atoms with van der Waals surface area (Å²) < 4.78 is 0. The first kappa shape index (κ1) is 16.3. The fourth-order valence-electron chi connectivity index (χ4n) is 2.01. The quantitative estimate of drug-likeness (QED) is 0.636. The maximum atomic E-state index is 12.7. The third kappa shape index (κ3) is 3.62. The van der Waals surface area contributed by atoms with Crippen LogP contribution >= 0.6 is 0 Å². The Morgan fingerprint density at radius 2 is 1.60 bits per heavy atom. The topological polar surface area (TPSA) is 49.3 Å². The second-order valence-electron chi connectivity index (χ2n) is 6.68. The molecule has 0 saturated heterocycles. The number of carbonyl (C=O) groups is 1. The van der Waals surface area contributed by atoms with Crippen molar-refractivity contribution in [2.24, 2.45) is 10.8 Å². The molecule has 1 aromatic rings. The van der Waals surface area contributed by atoms with Gasteiger partial charge in [0.15, 0.2) is 0 Å². The van der Waals surface area contributed by atoms with E-state index in [-0.39, 0.29) is 17.1 Å². The number of benzene rings is 1. The number of phenolic OH excluding ortho intramolecular Hbond substituents is 1. The van der Waals surface area contributed by atoms with Crippen molar-refractivity contribution in [3.63, 3.8) is 0 Å². The molecule has 0 spiro atoms. The lowest BCUT2D eigenvalue weighted by Crippen LogP contribution is -2.42. The molecule has 0 aliphatic rings. The molecule has 0 fully saturated rings. The fraction of sp³-hybridized carbons (Fsp3) is 0.471. The molecule has 1 unspecified atom stereocenters. The average molecular weight is 275 g/mol. The van der Waals surface area contributed by atoms with Crippen molar-refractivity contribution in [2.45, 2.75) is 41.5 Å². The van der Waals surface area contributed by atoms with Gasteiger partial charge in [-0.2, -0.15) is 0 Å². The van der Waals surface area contributed by atoms with Crippen LogP contribution in [0, 0.1) is 10.8 Å². The van der Waals surface area contributed by atoms with Crippen LogP contribution in [0.1, 0.15) is 41.5 Å². The van der Waals surface area contributed by atoms with Gasteiger partial charge in [0.2, 0.25) is 5.91 Å². The minimum atomic E-state index is -0.607. The van der Waals surface area contributed by atoms with E-state index in [1.165, 1.54) is 0 Å². The van der Waals surface area contributed by atoms with Gasteiger partial charge in [-0.3, -0.25) is 4.79 Å². The van der Waals surface area contributed by atoms with Gasteiger partial charge in [0.05, 0.1) is 5.41 Å². The van der Waals surface area contributed by atoms with E-state index in [1.54, 1.807) is 24.3 Å². The van der Waals surface area contributed by atoms with E-state index in [0.717, 1.165) is 5.57 Å². The lowest BCUT2D eigenvalue weighted by Gasteiger charge is -2.38. The van der Waals surface area contributed by atoms with Crippen LogP contribution in [0.5, 0.6) is 5.75 Å². The third-order valence-electron chi connectivity index (χ3n) is 3.73. The van der Waals surface area contributed by atoms with Gasteiger partial charge in [-0.15, -0.1) is 0 Å². The van der Waals surface area contributed by atoms with Crippen LogP contribution in [0.3, 0.4) is 0 Å². The molecule has 3 heteroatoms. The van der Waals surface area contributed by atoms with Crippen LogP contribution in [0.4, 0.5) is 5.69 Å². The zero-order valence-electron chi connectivity index (χ0n) is 13.2. The summed E-state index contributed by atoms with van der Waals surface area (Å²) in [6.45, 7) is 12.1. The highest BCUT2D eigenvalue weighted by Crippen LogP contribution is 2.41. The van der Waals surface area contributed by atoms with Gasteiger partial charge in [0, 0.05) is 5.69 Å². The molecule has 3 nitrogen and oxygen atoms in total. The summed E-state index contributed by atoms with van der Waals surface area (Å²) in [7, 11) is 0. The van der Waals surface area contributed by atoms with Crippen molar-refractivity contribution in [1.29, 1.82) is 0 Å². The molecule has 0 saturated carbocycles. The molecular weight excluding hydrogens is 250 g/mol. The Balaban J connectivity index is 3.07. The molecule has 0 aromatic heterocycles. The Morgan fingerprint density at radius 3 is 2.00 bits per heavy atom. The lowest BCUT2D eigenvalue weighted by molar-refractivity contribution is -0.127. The zero-order valence-corrected chi connectivity index (χ0v) is 13.2. The molecule has 1 aromatic carbocycles. The Kier molecular flexibility index (Phi) is 4.64. The molecule has 0 radical (unpaired) electrons. The smallest absolute Gasteiger partial charge is 0.234 e. The average Bonchev–Trinajstić information content (AvgIpc) is 2.29. The molecule has 20 heavy (non-hydrogen) atoms. The van der Waals surface area contributed by atoms with Gasteiger partial charge in [0.1, 0.15) is 5.75 Å². The first-order chi connectivity index (χ1) is 9.06. The monoisotopic (exact) mass is 275 g/mol. The minimum absolute atomic E-state index is 0.0445. The molecule has 1 amide bonds. The molecule has 0 bridgehead atoms. The second kappa shape index (κ2) is 5.70. The first-order valence-electron chi connectivity index (χ1n) is 6.83. The standard InChI is InChI=1S/C17H25NO2/c1-12(2)11-17(6,16(3,4)5)15(20)18-13-7-9-14(19)10-8-13/h7-11,19H,1-6H3,(H,18,20). The summed E-state index contributed by atoms with van der Waals surface area (Å²) in [4.78, 5) is 12.7. The lowest BCUT2D eigenvalue weighted by atomic mass is 9.66. The van der Waals surface area contributed by atoms with Gasteiger partial charge in [-0.25, -0.2) is 0 Å². The number of carbonyl (C=O) groups excluding carboxylic acids is 1. The van der Waals surface area contributed by atoms with Crippen LogP contribution in [-0.2, 0) is 4.79 Å². The predicted octanol–water partition coefficient (Wildman–Crippen LogP) is 4.35. The van der Waals surface area contributed by atoms with Crippen molar-refractivity contribution < 1.29 is 9.90 Å². The van der Waals surface area contributed by atoms with E-state index < -0.39 is 5.41 Å². The van der Waals surface area contributed by atoms with Gasteiger partial charge >= 0.3 is 0 Å². The maximum absolute atomic E-state index is 12.7. The van der Waals surface area contributed by atoms with Crippen LogP contribution in [-0.4, -0.2) is 11.0 Å². The second-order valence-corrected chi connectivity index (χ2v) is 6.68. The number of hydrogen-bond acceptors (Lipinski definition) is 2. The van der Waals surface area contributed by atoms with Gasteiger partial charge < -0.3 is 10.4 Å². The molecule has 110 valence electrons. The van der Waals surface area contributed by atoms with Gasteiger partial charge in [0.25, 0.3) is 0 Å². The number of amides is 1. The summed E-state index contributed by atoms with van der Waals surface area (Å²) in [5.41, 5.74) is 0.989. The zero-order chi connectivity index (χ0) is 15.6. The summed E-state index contributed by atoms with van der Waals surface area (Å²) in [6, 6.07) is 6.51. The maximum Gasteiger partial charge on any atom is 0.234 e. The highest BCUT2D eigenvalue weighted by Gasteiger charge is 2.42. The molecular formula is C17H25NO2. The van der Waals surface area contributed by atoms with E-state index >= 15 is 0 Å². The van der Waals surface area contributed by atoms with Gasteiger partial charge in [-0.05, 0) is 50.5 Å². The molecule has 0 aliphatic carbocycles. The van der Waals surface area contributed by atoms with E-state index in [2.05, 4.69) is 26.1 Å². The van der Waals surface area contributed by atoms with E-state index in [9.17, 15) is 9.90 Å². The minimum Gasteiger partial charge on any atom is -0.508 e. The van der Waals surface area contributed by atoms with E-state index in [4.69, 9.17) is 0 Å². The van der Waals surface area contributed by atoms with E-state index in [0.29, 0.717) is 5.69 Å². The Bertz CT molecular complexity index is 505. The Morgan fingerprint density at radius 1 is 1.10 bits per heavy atom. The summed E-state index contributed by atoms with van der Waals surface area (Å²) >= 11 is 0. The van der Waals surface area contributed by atoms with Crippen LogP contribution in [0.2, 0.25) is 0 Å².